The Hall–Kier alpha value is -1.66. The van der Waals surface area contributed by atoms with Gasteiger partial charge in [0.15, 0.2) is 0 Å². The average Bonchev–Trinajstić information content (AvgIpc) is 2.51. The zero-order chi connectivity index (χ0) is 17.8. The first kappa shape index (κ1) is 18.7. The summed E-state index contributed by atoms with van der Waals surface area (Å²) in [6.07, 6.45) is 7.24. The van der Waals surface area contributed by atoms with E-state index in [1.807, 2.05) is 0 Å². The fourth-order valence-corrected chi connectivity index (χ4v) is 3.94. The number of rotatable bonds is 5. The Balaban J connectivity index is 1.98. The van der Waals surface area contributed by atoms with Crippen molar-refractivity contribution < 1.29 is 17.9 Å². The number of allylic oxidation sites excluding steroid dienone is 2. The van der Waals surface area contributed by atoms with E-state index in [2.05, 4.69) is 16.9 Å². The standard InChI is InChI=1S/C18H25NO4S/c1-18(2,3)19-24(21,22)16-11-9-15(10-12-16)17(20)23-13-14-7-5-4-6-8-14/h4-5,9-12,14,19H,6-8,13H2,1-3H3. The molecule has 0 saturated heterocycles. The first-order chi connectivity index (χ1) is 11.2. The van der Waals surface area contributed by atoms with Gasteiger partial charge in [0.05, 0.1) is 17.1 Å². The summed E-state index contributed by atoms with van der Waals surface area (Å²) in [6.45, 7) is 5.72. The molecule has 1 aromatic carbocycles. The smallest absolute Gasteiger partial charge is 0.338 e. The minimum atomic E-state index is -3.60. The molecule has 0 heterocycles. The molecule has 1 aromatic rings. The minimum absolute atomic E-state index is 0.131. The van der Waals surface area contributed by atoms with E-state index in [1.54, 1.807) is 20.8 Å². The number of carbonyl (C=O) groups is 1. The molecule has 1 aliphatic rings. The molecule has 5 nitrogen and oxygen atoms in total. The van der Waals surface area contributed by atoms with Gasteiger partial charge in [-0.05, 0) is 70.2 Å². The van der Waals surface area contributed by atoms with Crippen LogP contribution in [0.3, 0.4) is 0 Å². The molecule has 1 atom stereocenters. The van der Waals surface area contributed by atoms with E-state index in [0.29, 0.717) is 18.1 Å². The number of esters is 1. The van der Waals surface area contributed by atoms with Gasteiger partial charge in [-0.2, -0.15) is 0 Å². The molecular formula is C18H25NO4S. The molecule has 2 rings (SSSR count). The lowest BCUT2D eigenvalue weighted by atomic mass is 9.95. The second-order valence-electron chi connectivity index (χ2n) is 7.13. The van der Waals surface area contributed by atoms with Crippen molar-refractivity contribution in [2.75, 3.05) is 6.61 Å². The third kappa shape index (κ3) is 5.46. The highest BCUT2D eigenvalue weighted by Crippen LogP contribution is 2.19. The summed E-state index contributed by atoms with van der Waals surface area (Å²) in [7, 11) is -3.60. The van der Waals surface area contributed by atoms with Crippen molar-refractivity contribution in [2.45, 2.75) is 50.5 Å². The minimum Gasteiger partial charge on any atom is -0.462 e. The molecule has 24 heavy (non-hydrogen) atoms. The Bertz CT molecular complexity index is 700. The van der Waals surface area contributed by atoms with E-state index in [4.69, 9.17) is 4.74 Å². The SMILES string of the molecule is CC(C)(C)NS(=O)(=O)c1ccc(C(=O)OCC2CC=CCC2)cc1. The molecule has 1 unspecified atom stereocenters. The van der Waals surface area contributed by atoms with Gasteiger partial charge >= 0.3 is 5.97 Å². The summed E-state index contributed by atoms with van der Waals surface area (Å²) < 4.78 is 32.4. The Morgan fingerprint density at radius 3 is 2.42 bits per heavy atom. The lowest BCUT2D eigenvalue weighted by Crippen LogP contribution is -2.40. The van der Waals surface area contributed by atoms with Gasteiger partial charge in [0.25, 0.3) is 0 Å². The van der Waals surface area contributed by atoms with E-state index in [9.17, 15) is 13.2 Å². The molecule has 132 valence electrons. The molecule has 1 aliphatic carbocycles. The summed E-state index contributed by atoms with van der Waals surface area (Å²) in [6, 6.07) is 5.82. The Labute approximate surface area is 144 Å². The van der Waals surface area contributed by atoms with E-state index in [0.717, 1.165) is 19.3 Å². The summed E-state index contributed by atoms with van der Waals surface area (Å²) in [5.74, 6) is -0.0492. The van der Waals surface area contributed by atoms with Crippen LogP contribution in [0.25, 0.3) is 0 Å². The van der Waals surface area contributed by atoms with Crippen molar-refractivity contribution in [3.05, 3.63) is 42.0 Å². The van der Waals surface area contributed by atoms with Crippen molar-refractivity contribution in [3.8, 4) is 0 Å². The first-order valence-electron chi connectivity index (χ1n) is 8.13. The van der Waals surface area contributed by atoms with E-state index in [-0.39, 0.29) is 4.90 Å². The number of hydrogen-bond donors (Lipinski definition) is 1. The third-order valence-electron chi connectivity index (χ3n) is 3.67. The molecule has 0 fully saturated rings. The molecule has 0 aromatic heterocycles. The predicted molar refractivity (Wildman–Crippen MR) is 93.3 cm³/mol. The maximum absolute atomic E-state index is 12.2. The second kappa shape index (κ2) is 7.49. The van der Waals surface area contributed by atoms with Gasteiger partial charge < -0.3 is 4.74 Å². The maximum Gasteiger partial charge on any atom is 0.338 e. The quantitative estimate of drug-likeness (QED) is 0.653. The van der Waals surface area contributed by atoms with Crippen molar-refractivity contribution in [2.24, 2.45) is 5.92 Å². The maximum atomic E-state index is 12.2. The molecule has 0 spiro atoms. The van der Waals surface area contributed by atoms with Gasteiger partial charge in [-0.25, -0.2) is 17.9 Å². The molecule has 6 heteroatoms. The topological polar surface area (TPSA) is 72.5 Å². The van der Waals surface area contributed by atoms with E-state index < -0.39 is 21.5 Å². The van der Waals surface area contributed by atoms with Crippen molar-refractivity contribution in [1.29, 1.82) is 0 Å². The summed E-state index contributed by atoms with van der Waals surface area (Å²) >= 11 is 0. The van der Waals surface area contributed by atoms with Gasteiger partial charge in [-0.15, -0.1) is 0 Å². The van der Waals surface area contributed by atoms with Crippen LogP contribution in [0.4, 0.5) is 0 Å². The first-order valence-corrected chi connectivity index (χ1v) is 9.62. The summed E-state index contributed by atoms with van der Waals surface area (Å²) in [4.78, 5) is 12.2. The number of carbonyl (C=O) groups excluding carboxylic acids is 1. The number of benzene rings is 1. The predicted octanol–water partition coefficient (Wildman–Crippen LogP) is 3.28. The highest BCUT2D eigenvalue weighted by Gasteiger charge is 2.22. The molecule has 0 saturated carbocycles. The van der Waals surface area contributed by atoms with Crippen LogP contribution in [0.15, 0.2) is 41.3 Å². The van der Waals surface area contributed by atoms with Gasteiger partial charge in [0, 0.05) is 5.54 Å². The highest BCUT2D eigenvalue weighted by atomic mass is 32.2. The van der Waals surface area contributed by atoms with Crippen LogP contribution in [-0.4, -0.2) is 26.5 Å². The monoisotopic (exact) mass is 351 g/mol. The lowest BCUT2D eigenvalue weighted by molar-refractivity contribution is 0.0432. The fourth-order valence-electron chi connectivity index (χ4n) is 2.52. The van der Waals surface area contributed by atoms with Crippen LogP contribution in [0.1, 0.15) is 50.4 Å². The zero-order valence-electron chi connectivity index (χ0n) is 14.4. The van der Waals surface area contributed by atoms with Crippen LogP contribution < -0.4 is 4.72 Å². The summed E-state index contributed by atoms with van der Waals surface area (Å²) in [5.41, 5.74) is -0.207. The number of sulfonamides is 1. The van der Waals surface area contributed by atoms with Crippen LogP contribution in [0.2, 0.25) is 0 Å². The fraction of sp³-hybridized carbons (Fsp3) is 0.500. The van der Waals surface area contributed by atoms with Crippen LogP contribution in [0.5, 0.6) is 0 Å². The number of ether oxygens (including phenoxy) is 1. The molecule has 0 aliphatic heterocycles. The highest BCUT2D eigenvalue weighted by molar-refractivity contribution is 7.89. The van der Waals surface area contributed by atoms with Crippen LogP contribution >= 0.6 is 0 Å². The molecule has 0 bridgehead atoms. The van der Waals surface area contributed by atoms with E-state index in [1.165, 1.54) is 24.3 Å². The molecule has 0 radical (unpaired) electrons. The number of nitrogens with one attached hydrogen (secondary N) is 1. The van der Waals surface area contributed by atoms with Crippen molar-refractivity contribution >= 4 is 16.0 Å². The Morgan fingerprint density at radius 1 is 1.21 bits per heavy atom. The van der Waals surface area contributed by atoms with E-state index >= 15 is 0 Å². The van der Waals surface area contributed by atoms with Crippen molar-refractivity contribution in [1.82, 2.24) is 4.72 Å². The number of hydrogen-bond acceptors (Lipinski definition) is 4. The van der Waals surface area contributed by atoms with Gasteiger partial charge in [-0.3, -0.25) is 0 Å². The molecule has 0 amide bonds. The third-order valence-corrected chi connectivity index (χ3v) is 5.44. The second-order valence-corrected chi connectivity index (χ2v) is 8.81. The largest absolute Gasteiger partial charge is 0.462 e. The lowest BCUT2D eigenvalue weighted by Gasteiger charge is -2.20. The molecule has 1 N–H and O–H groups in total. The Kier molecular flexibility index (Phi) is 5.83. The van der Waals surface area contributed by atoms with Crippen LogP contribution in [0, 0.1) is 5.92 Å². The van der Waals surface area contributed by atoms with Crippen LogP contribution in [-0.2, 0) is 14.8 Å². The zero-order valence-corrected chi connectivity index (χ0v) is 15.2. The van der Waals surface area contributed by atoms with Gasteiger partial charge in [0.2, 0.25) is 10.0 Å². The molecular weight excluding hydrogens is 326 g/mol. The van der Waals surface area contributed by atoms with Gasteiger partial charge in [-0.1, -0.05) is 12.2 Å². The Morgan fingerprint density at radius 2 is 1.88 bits per heavy atom. The van der Waals surface area contributed by atoms with Gasteiger partial charge in [0.1, 0.15) is 0 Å². The summed E-state index contributed by atoms with van der Waals surface area (Å²) in [5, 5.41) is 0. The van der Waals surface area contributed by atoms with Crippen molar-refractivity contribution in [3.63, 3.8) is 0 Å². The average molecular weight is 351 g/mol. The normalized spacial score (nSPS) is 18.4.